The summed E-state index contributed by atoms with van der Waals surface area (Å²) in [4.78, 5) is 7.98. The minimum atomic E-state index is 0.681. The van der Waals surface area contributed by atoms with Crippen LogP contribution in [0.25, 0.3) is 0 Å². The predicted molar refractivity (Wildman–Crippen MR) is 79.1 cm³/mol. The molecule has 0 amide bonds. The van der Waals surface area contributed by atoms with E-state index in [1.807, 2.05) is 11.3 Å². The largest absolute Gasteiger partial charge is 0.312 e. The van der Waals surface area contributed by atoms with Crippen LogP contribution in [0, 0.1) is 0 Å². The molecule has 0 aliphatic carbocycles. The van der Waals surface area contributed by atoms with Crippen LogP contribution < -0.4 is 5.32 Å². The third-order valence-electron chi connectivity index (χ3n) is 3.69. The molecule has 4 heteroatoms. The lowest BCUT2D eigenvalue weighted by molar-refractivity contribution is 0.101. The lowest BCUT2D eigenvalue weighted by Gasteiger charge is -2.37. The van der Waals surface area contributed by atoms with Crippen LogP contribution >= 0.6 is 11.3 Å². The van der Waals surface area contributed by atoms with Gasteiger partial charge in [0.25, 0.3) is 0 Å². The summed E-state index contributed by atoms with van der Waals surface area (Å²) in [6.45, 7) is 11.2. The highest BCUT2D eigenvalue weighted by atomic mass is 32.1. The SMILES string of the molecule is CCNCc1ccc(CN2CCN(C)C(C)C2)s1. The summed E-state index contributed by atoms with van der Waals surface area (Å²) in [7, 11) is 2.22. The Kier molecular flexibility index (Phi) is 5.18. The quantitative estimate of drug-likeness (QED) is 0.880. The summed E-state index contributed by atoms with van der Waals surface area (Å²) in [5, 5.41) is 3.38. The number of rotatable bonds is 5. The van der Waals surface area contributed by atoms with Gasteiger partial charge in [-0.3, -0.25) is 4.90 Å². The fourth-order valence-corrected chi connectivity index (χ4v) is 3.37. The van der Waals surface area contributed by atoms with Gasteiger partial charge in [0, 0.05) is 48.5 Å². The molecule has 3 nitrogen and oxygen atoms in total. The molecular weight excluding hydrogens is 242 g/mol. The summed E-state index contributed by atoms with van der Waals surface area (Å²) in [5.74, 6) is 0. The molecule has 1 unspecified atom stereocenters. The van der Waals surface area contributed by atoms with Crippen molar-refractivity contribution in [2.24, 2.45) is 0 Å². The van der Waals surface area contributed by atoms with Crippen LogP contribution in [0.1, 0.15) is 23.6 Å². The van der Waals surface area contributed by atoms with E-state index < -0.39 is 0 Å². The summed E-state index contributed by atoms with van der Waals surface area (Å²) < 4.78 is 0. The number of hydrogen-bond acceptors (Lipinski definition) is 4. The third kappa shape index (κ3) is 3.79. The topological polar surface area (TPSA) is 18.5 Å². The first-order chi connectivity index (χ1) is 8.69. The van der Waals surface area contributed by atoms with Gasteiger partial charge in [-0.15, -0.1) is 11.3 Å². The summed E-state index contributed by atoms with van der Waals surface area (Å²) >= 11 is 1.95. The average Bonchev–Trinajstić information content (AvgIpc) is 2.79. The lowest BCUT2D eigenvalue weighted by Crippen LogP contribution is -2.49. The molecule has 1 saturated heterocycles. The second-order valence-electron chi connectivity index (χ2n) is 5.21. The van der Waals surface area contributed by atoms with E-state index in [0.717, 1.165) is 19.6 Å². The van der Waals surface area contributed by atoms with Crippen molar-refractivity contribution >= 4 is 11.3 Å². The van der Waals surface area contributed by atoms with Crippen LogP contribution in [-0.4, -0.2) is 49.1 Å². The van der Waals surface area contributed by atoms with Crippen molar-refractivity contribution in [1.82, 2.24) is 15.1 Å². The first-order valence-electron chi connectivity index (χ1n) is 6.90. The van der Waals surface area contributed by atoms with E-state index >= 15 is 0 Å². The van der Waals surface area contributed by atoms with Crippen molar-refractivity contribution in [2.75, 3.05) is 33.2 Å². The van der Waals surface area contributed by atoms with Gasteiger partial charge in [-0.05, 0) is 32.6 Å². The van der Waals surface area contributed by atoms with E-state index in [4.69, 9.17) is 0 Å². The van der Waals surface area contributed by atoms with Crippen molar-refractivity contribution in [1.29, 1.82) is 0 Å². The Morgan fingerprint density at radius 3 is 2.83 bits per heavy atom. The summed E-state index contributed by atoms with van der Waals surface area (Å²) in [6, 6.07) is 5.24. The highest BCUT2D eigenvalue weighted by molar-refractivity contribution is 7.11. The van der Waals surface area contributed by atoms with Gasteiger partial charge in [-0.25, -0.2) is 0 Å². The first kappa shape index (κ1) is 14.0. The predicted octanol–water partition coefficient (Wildman–Crippen LogP) is 1.99. The maximum absolute atomic E-state index is 3.38. The van der Waals surface area contributed by atoms with Crippen molar-refractivity contribution in [3.05, 3.63) is 21.9 Å². The van der Waals surface area contributed by atoms with Crippen LogP contribution in [0.15, 0.2) is 12.1 Å². The van der Waals surface area contributed by atoms with Crippen LogP contribution in [-0.2, 0) is 13.1 Å². The number of piperazine rings is 1. The Labute approximate surface area is 115 Å². The average molecular weight is 267 g/mol. The fourth-order valence-electron chi connectivity index (χ4n) is 2.34. The molecule has 0 radical (unpaired) electrons. The second-order valence-corrected chi connectivity index (χ2v) is 6.47. The molecule has 18 heavy (non-hydrogen) atoms. The van der Waals surface area contributed by atoms with E-state index in [1.165, 1.54) is 29.4 Å². The molecule has 0 aromatic carbocycles. The maximum atomic E-state index is 3.38. The van der Waals surface area contributed by atoms with Gasteiger partial charge in [-0.2, -0.15) is 0 Å². The van der Waals surface area contributed by atoms with E-state index in [-0.39, 0.29) is 0 Å². The molecule has 2 rings (SSSR count). The second kappa shape index (κ2) is 6.66. The molecule has 2 heterocycles. The normalized spacial score (nSPS) is 22.5. The lowest BCUT2D eigenvalue weighted by atomic mass is 10.2. The Hall–Kier alpha value is -0.420. The molecule has 0 spiro atoms. The summed E-state index contributed by atoms with van der Waals surface area (Å²) in [5.41, 5.74) is 0. The van der Waals surface area contributed by atoms with E-state index in [9.17, 15) is 0 Å². The first-order valence-corrected chi connectivity index (χ1v) is 7.71. The minimum absolute atomic E-state index is 0.681. The van der Waals surface area contributed by atoms with Crippen LogP contribution in [0.4, 0.5) is 0 Å². The summed E-state index contributed by atoms with van der Waals surface area (Å²) in [6.07, 6.45) is 0. The van der Waals surface area contributed by atoms with Crippen molar-refractivity contribution in [3.63, 3.8) is 0 Å². The van der Waals surface area contributed by atoms with Gasteiger partial charge in [-0.1, -0.05) is 6.92 Å². The Balaban J connectivity index is 1.84. The minimum Gasteiger partial charge on any atom is -0.312 e. The van der Waals surface area contributed by atoms with Gasteiger partial charge in [0.2, 0.25) is 0 Å². The molecule has 1 atom stereocenters. The number of likely N-dealkylation sites (N-methyl/N-ethyl adjacent to an activating group) is 1. The van der Waals surface area contributed by atoms with Crippen LogP contribution in [0.3, 0.4) is 0 Å². The van der Waals surface area contributed by atoms with E-state index in [0.29, 0.717) is 6.04 Å². The van der Waals surface area contributed by atoms with Crippen molar-refractivity contribution < 1.29 is 0 Å². The molecule has 1 fully saturated rings. The zero-order chi connectivity index (χ0) is 13.0. The molecule has 1 aromatic heterocycles. The van der Waals surface area contributed by atoms with Gasteiger partial charge in [0.15, 0.2) is 0 Å². The van der Waals surface area contributed by atoms with Crippen molar-refractivity contribution in [3.8, 4) is 0 Å². The maximum Gasteiger partial charge on any atom is 0.0329 e. The molecule has 0 saturated carbocycles. The molecule has 1 aliphatic rings. The number of nitrogens with zero attached hydrogens (tertiary/aromatic N) is 2. The van der Waals surface area contributed by atoms with Gasteiger partial charge in [0.05, 0.1) is 0 Å². The molecule has 102 valence electrons. The zero-order valence-electron chi connectivity index (χ0n) is 11.8. The van der Waals surface area contributed by atoms with Crippen LogP contribution in [0.5, 0.6) is 0 Å². The molecule has 0 bridgehead atoms. The highest BCUT2D eigenvalue weighted by Crippen LogP contribution is 2.19. The molecule has 1 aliphatic heterocycles. The van der Waals surface area contributed by atoms with Gasteiger partial charge < -0.3 is 10.2 Å². The smallest absolute Gasteiger partial charge is 0.0329 e. The third-order valence-corrected chi connectivity index (χ3v) is 4.76. The number of thiophene rings is 1. The molecule has 1 aromatic rings. The van der Waals surface area contributed by atoms with Crippen molar-refractivity contribution in [2.45, 2.75) is 33.0 Å². The van der Waals surface area contributed by atoms with Crippen LogP contribution in [0.2, 0.25) is 0 Å². The number of nitrogens with one attached hydrogen (secondary N) is 1. The van der Waals surface area contributed by atoms with Gasteiger partial charge >= 0.3 is 0 Å². The zero-order valence-corrected chi connectivity index (χ0v) is 12.6. The van der Waals surface area contributed by atoms with E-state index in [1.54, 1.807) is 0 Å². The van der Waals surface area contributed by atoms with E-state index in [2.05, 4.69) is 48.1 Å². The Bertz CT molecular complexity index is 364. The Morgan fingerprint density at radius 1 is 1.33 bits per heavy atom. The fraction of sp³-hybridized carbons (Fsp3) is 0.714. The number of hydrogen-bond donors (Lipinski definition) is 1. The Morgan fingerprint density at radius 2 is 2.11 bits per heavy atom. The highest BCUT2D eigenvalue weighted by Gasteiger charge is 2.20. The molecule has 1 N–H and O–H groups in total. The standard InChI is InChI=1S/C14H25N3S/c1-4-15-9-13-5-6-14(18-13)11-17-8-7-16(3)12(2)10-17/h5-6,12,15H,4,7-11H2,1-3H3. The monoisotopic (exact) mass is 267 g/mol. The molecular formula is C14H25N3S. The van der Waals surface area contributed by atoms with Gasteiger partial charge in [0.1, 0.15) is 0 Å².